The number of nitro benzene ring substituents is 2. The summed E-state index contributed by atoms with van der Waals surface area (Å²) in [4.78, 5) is 25.2. The van der Waals surface area contributed by atoms with E-state index >= 15 is 0 Å². The number of hydrogen-bond acceptors (Lipinski definition) is 6. The van der Waals surface area contributed by atoms with E-state index in [1.807, 2.05) is 31.2 Å². The van der Waals surface area contributed by atoms with Crippen LogP contribution in [0.1, 0.15) is 11.1 Å². The minimum Gasteiger partial charge on any atom is -0.355 e. The Morgan fingerprint density at radius 2 is 1.37 bits per heavy atom. The van der Waals surface area contributed by atoms with Crippen LogP contribution in [-0.2, 0) is 0 Å². The maximum Gasteiger partial charge on any atom is 0.269 e. The quantitative estimate of drug-likeness (QED) is 0.311. The van der Waals surface area contributed by atoms with Gasteiger partial charge in [0, 0.05) is 41.9 Å². The number of non-ortho nitro benzene ring substituents is 2. The predicted octanol–water partition coefficient (Wildman–Crippen LogP) is 5.67. The number of nitrogens with zero attached hydrogens (tertiary/aromatic N) is 3. The van der Waals surface area contributed by atoms with Crippen LogP contribution in [0.2, 0.25) is 0 Å². The van der Waals surface area contributed by atoms with Gasteiger partial charge in [0.1, 0.15) is 0 Å². The van der Waals surface area contributed by atoms with Crippen LogP contribution in [0.4, 0.5) is 22.7 Å². The van der Waals surface area contributed by atoms with Crippen LogP contribution in [0, 0.1) is 27.2 Å². The third kappa shape index (κ3) is 5.35. The van der Waals surface area contributed by atoms with Crippen molar-refractivity contribution < 1.29 is 9.85 Å². The van der Waals surface area contributed by atoms with E-state index in [1.165, 1.54) is 24.3 Å². The zero-order chi connectivity index (χ0) is 21.5. The molecule has 8 nitrogen and oxygen atoms in total. The summed E-state index contributed by atoms with van der Waals surface area (Å²) in [6, 6.07) is 19.8. The monoisotopic (exact) mass is 402 g/mol. The zero-order valence-corrected chi connectivity index (χ0v) is 16.1. The Morgan fingerprint density at radius 3 is 1.90 bits per heavy atom. The number of benzene rings is 3. The van der Waals surface area contributed by atoms with E-state index in [2.05, 4.69) is 10.3 Å². The lowest BCUT2D eigenvalue weighted by molar-refractivity contribution is -0.385. The van der Waals surface area contributed by atoms with E-state index in [4.69, 9.17) is 0 Å². The van der Waals surface area contributed by atoms with Gasteiger partial charge < -0.3 is 5.32 Å². The van der Waals surface area contributed by atoms with Crippen LogP contribution in [0.25, 0.3) is 5.70 Å². The van der Waals surface area contributed by atoms with Gasteiger partial charge in [0.2, 0.25) is 0 Å². The summed E-state index contributed by atoms with van der Waals surface area (Å²) in [5.41, 5.74) is 3.87. The van der Waals surface area contributed by atoms with Crippen LogP contribution in [0.15, 0.2) is 83.9 Å². The molecule has 0 spiro atoms. The Labute approximate surface area is 172 Å². The summed E-state index contributed by atoms with van der Waals surface area (Å²) in [5.74, 6) is 0. The first-order valence-corrected chi connectivity index (χ1v) is 9.00. The third-order valence-electron chi connectivity index (χ3n) is 4.25. The van der Waals surface area contributed by atoms with Crippen LogP contribution < -0.4 is 5.32 Å². The Bertz CT molecular complexity index is 1100. The average molecular weight is 402 g/mol. The molecule has 8 heteroatoms. The van der Waals surface area contributed by atoms with Crippen molar-refractivity contribution in [1.29, 1.82) is 0 Å². The van der Waals surface area contributed by atoms with Gasteiger partial charge in [-0.15, -0.1) is 0 Å². The minimum absolute atomic E-state index is 0.0117. The molecular weight excluding hydrogens is 384 g/mol. The van der Waals surface area contributed by atoms with E-state index in [0.717, 1.165) is 11.3 Å². The average Bonchev–Trinajstić information content (AvgIpc) is 2.75. The molecule has 0 amide bonds. The highest BCUT2D eigenvalue weighted by molar-refractivity contribution is 5.90. The zero-order valence-electron chi connectivity index (χ0n) is 16.1. The smallest absolute Gasteiger partial charge is 0.269 e. The summed E-state index contributed by atoms with van der Waals surface area (Å²) in [6.45, 7) is 1.99. The molecule has 0 saturated heterocycles. The number of nitro groups is 2. The lowest BCUT2D eigenvalue weighted by atomic mass is 10.1. The fourth-order valence-corrected chi connectivity index (χ4v) is 2.62. The van der Waals surface area contributed by atoms with Gasteiger partial charge in [-0.1, -0.05) is 17.7 Å². The molecular formula is C22H18N4O4. The minimum atomic E-state index is -0.467. The SMILES string of the molecule is Cc1ccc(N=CC=C(Nc2ccc([N+](=O)[O-])cc2)c2ccc([N+](=O)[O-])cc2)cc1. The molecule has 0 aromatic heterocycles. The number of anilines is 1. The lowest BCUT2D eigenvalue weighted by Gasteiger charge is -2.11. The molecule has 0 unspecified atom stereocenters. The van der Waals surface area contributed by atoms with Crippen LogP contribution >= 0.6 is 0 Å². The normalized spacial score (nSPS) is 11.4. The van der Waals surface area contributed by atoms with Crippen LogP contribution in [0.5, 0.6) is 0 Å². The van der Waals surface area contributed by atoms with E-state index in [1.54, 1.807) is 36.6 Å². The standard InChI is InChI=1S/C22H18N4O4/c1-16-2-6-18(7-3-16)23-15-14-22(17-4-10-20(11-5-17)25(27)28)24-19-8-12-21(13-9-19)26(29)30/h2-15,24H,1H3. The highest BCUT2D eigenvalue weighted by atomic mass is 16.6. The topological polar surface area (TPSA) is 111 Å². The van der Waals surface area contributed by atoms with Gasteiger partial charge in [0.25, 0.3) is 11.4 Å². The van der Waals surface area contributed by atoms with Crippen LogP contribution in [-0.4, -0.2) is 16.1 Å². The molecule has 3 aromatic carbocycles. The number of aliphatic imine (C=N–C) groups is 1. The maximum atomic E-state index is 10.9. The van der Waals surface area contributed by atoms with Gasteiger partial charge in [-0.3, -0.25) is 25.2 Å². The van der Waals surface area contributed by atoms with Crippen molar-refractivity contribution in [1.82, 2.24) is 0 Å². The fraction of sp³-hybridized carbons (Fsp3) is 0.0455. The van der Waals surface area contributed by atoms with Crippen LogP contribution in [0.3, 0.4) is 0 Å². The first-order chi connectivity index (χ1) is 14.4. The van der Waals surface area contributed by atoms with E-state index in [-0.39, 0.29) is 11.4 Å². The Kier molecular flexibility index (Phi) is 6.29. The third-order valence-corrected chi connectivity index (χ3v) is 4.25. The fourth-order valence-electron chi connectivity index (χ4n) is 2.62. The van der Waals surface area contributed by atoms with Crippen molar-refractivity contribution in [3.8, 4) is 0 Å². The number of allylic oxidation sites excluding steroid dienone is 1. The van der Waals surface area contributed by atoms with Crippen molar-refractivity contribution in [2.75, 3.05) is 5.32 Å². The molecule has 0 aliphatic heterocycles. The largest absolute Gasteiger partial charge is 0.355 e. The number of nitrogens with one attached hydrogen (secondary N) is 1. The molecule has 0 aliphatic carbocycles. The second kappa shape index (κ2) is 9.24. The highest BCUT2D eigenvalue weighted by Gasteiger charge is 2.09. The predicted molar refractivity (Wildman–Crippen MR) is 117 cm³/mol. The summed E-state index contributed by atoms with van der Waals surface area (Å²) in [5, 5.41) is 24.9. The molecule has 3 rings (SSSR count). The second-order valence-electron chi connectivity index (χ2n) is 6.43. The first-order valence-electron chi connectivity index (χ1n) is 9.00. The van der Waals surface area contributed by atoms with Crippen molar-refractivity contribution in [2.24, 2.45) is 4.99 Å². The second-order valence-corrected chi connectivity index (χ2v) is 6.43. The lowest BCUT2D eigenvalue weighted by Crippen LogP contribution is -2.00. The van der Waals surface area contributed by atoms with E-state index in [9.17, 15) is 20.2 Å². The van der Waals surface area contributed by atoms with Crippen molar-refractivity contribution in [3.63, 3.8) is 0 Å². The summed E-state index contributed by atoms with van der Waals surface area (Å²) < 4.78 is 0. The maximum absolute atomic E-state index is 10.9. The van der Waals surface area contributed by atoms with Gasteiger partial charge in [-0.05, 0) is 55.0 Å². The van der Waals surface area contributed by atoms with Gasteiger partial charge in [-0.25, -0.2) is 0 Å². The Hall–Kier alpha value is -4.33. The first kappa shape index (κ1) is 20.4. The summed E-state index contributed by atoms with van der Waals surface area (Å²) in [7, 11) is 0. The molecule has 1 N–H and O–H groups in total. The van der Waals surface area contributed by atoms with E-state index in [0.29, 0.717) is 16.9 Å². The molecule has 0 heterocycles. The molecule has 30 heavy (non-hydrogen) atoms. The molecule has 0 fully saturated rings. The number of aryl methyl sites for hydroxylation is 1. The summed E-state index contributed by atoms with van der Waals surface area (Å²) in [6.07, 6.45) is 3.36. The highest BCUT2D eigenvalue weighted by Crippen LogP contribution is 2.23. The number of rotatable bonds is 7. The molecule has 0 saturated carbocycles. The number of hydrogen-bond donors (Lipinski definition) is 1. The summed E-state index contributed by atoms with van der Waals surface area (Å²) >= 11 is 0. The molecule has 0 atom stereocenters. The van der Waals surface area contributed by atoms with E-state index < -0.39 is 9.85 Å². The van der Waals surface area contributed by atoms with Crippen molar-refractivity contribution >= 4 is 34.7 Å². The van der Waals surface area contributed by atoms with Crippen molar-refractivity contribution in [2.45, 2.75) is 6.92 Å². The van der Waals surface area contributed by atoms with Crippen molar-refractivity contribution in [3.05, 3.63) is 110 Å². The Balaban J connectivity index is 1.89. The molecule has 0 bridgehead atoms. The van der Waals surface area contributed by atoms with Gasteiger partial charge in [-0.2, -0.15) is 0 Å². The molecule has 150 valence electrons. The molecule has 0 radical (unpaired) electrons. The van der Waals surface area contributed by atoms with Gasteiger partial charge in [0.15, 0.2) is 0 Å². The molecule has 0 aliphatic rings. The molecule has 3 aromatic rings. The van der Waals surface area contributed by atoms with Gasteiger partial charge in [0.05, 0.1) is 15.5 Å². The Morgan fingerprint density at radius 1 is 0.833 bits per heavy atom. The van der Waals surface area contributed by atoms with Gasteiger partial charge >= 0.3 is 0 Å².